The maximum Gasteiger partial charge on any atom is 0.348 e. The first-order chi connectivity index (χ1) is 8.72. The molecule has 0 amide bonds. The Bertz CT molecular complexity index is 742. The summed E-state index contributed by atoms with van der Waals surface area (Å²) in [5.74, 6) is 0.603. The highest BCUT2D eigenvalue weighted by atomic mass is 16.1. The van der Waals surface area contributed by atoms with Crippen molar-refractivity contribution in [2.24, 2.45) is 0 Å². The smallest absolute Gasteiger partial charge is 0.348 e. The Labute approximate surface area is 101 Å². The van der Waals surface area contributed by atoms with Crippen molar-refractivity contribution in [2.45, 2.75) is 0 Å². The molecule has 2 heterocycles. The zero-order valence-corrected chi connectivity index (χ0v) is 9.29. The summed E-state index contributed by atoms with van der Waals surface area (Å²) in [5.41, 5.74) is 7.36. The van der Waals surface area contributed by atoms with Gasteiger partial charge in [-0.15, -0.1) is 0 Å². The SMILES string of the molecule is Nc1ccc(Nc2cc3n[nH]c(=O)n3cn2)cc1. The molecule has 18 heavy (non-hydrogen) atoms. The number of hydrogen-bond acceptors (Lipinski definition) is 5. The van der Waals surface area contributed by atoms with E-state index in [9.17, 15) is 4.79 Å². The highest BCUT2D eigenvalue weighted by Gasteiger charge is 2.02. The topological polar surface area (TPSA) is 101 Å². The summed E-state index contributed by atoms with van der Waals surface area (Å²) < 4.78 is 1.33. The molecule has 0 aliphatic rings. The number of H-pyrrole nitrogens is 1. The maximum atomic E-state index is 11.3. The van der Waals surface area contributed by atoms with Gasteiger partial charge in [0.05, 0.1) is 0 Å². The van der Waals surface area contributed by atoms with E-state index < -0.39 is 0 Å². The minimum atomic E-state index is -0.309. The summed E-state index contributed by atoms with van der Waals surface area (Å²) in [6.45, 7) is 0. The van der Waals surface area contributed by atoms with E-state index in [2.05, 4.69) is 20.5 Å². The molecule has 0 aliphatic carbocycles. The number of aromatic nitrogens is 4. The van der Waals surface area contributed by atoms with E-state index in [-0.39, 0.29) is 5.69 Å². The molecule has 2 aromatic heterocycles. The molecule has 3 aromatic rings. The fourth-order valence-electron chi connectivity index (χ4n) is 1.59. The Morgan fingerprint density at radius 1 is 1.28 bits per heavy atom. The van der Waals surface area contributed by atoms with Crippen molar-refractivity contribution in [3.05, 3.63) is 47.1 Å². The van der Waals surface area contributed by atoms with Crippen LogP contribution in [0.1, 0.15) is 0 Å². The van der Waals surface area contributed by atoms with Crippen LogP contribution in [0.25, 0.3) is 5.65 Å². The number of rotatable bonds is 2. The second-order valence-electron chi connectivity index (χ2n) is 3.78. The molecule has 7 heteroatoms. The van der Waals surface area contributed by atoms with Crippen molar-refractivity contribution in [1.29, 1.82) is 0 Å². The molecular formula is C11H10N6O. The van der Waals surface area contributed by atoms with Crippen molar-refractivity contribution in [3.8, 4) is 0 Å². The van der Waals surface area contributed by atoms with Crippen LogP contribution < -0.4 is 16.7 Å². The third-order valence-corrected chi connectivity index (χ3v) is 2.49. The van der Waals surface area contributed by atoms with Gasteiger partial charge in [-0.25, -0.2) is 19.3 Å². The molecule has 0 radical (unpaired) electrons. The lowest BCUT2D eigenvalue weighted by molar-refractivity contribution is 0.998. The van der Waals surface area contributed by atoms with Crippen LogP contribution in [0.15, 0.2) is 41.5 Å². The van der Waals surface area contributed by atoms with Crippen LogP contribution in [-0.2, 0) is 0 Å². The Morgan fingerprint density at radius 3 is 2.83 bits per heavy atom. The maximum absolute atomic E-state index is 11.3. The first kappa shape index (κ1) is 10.3. The van der Waals surface area contributed by atoms with Gasteiger partial charge in [0, 0.05) is 17.4 Å². The molecule has 4 N–H and O–H groups in total. The van der Waals surface area contributed by atoms with Gasteiger partial charge in [0.15, 0.2) is 5.65 Å². The number of aromatic amines is 1. The largest absolute Gasteiger partial charge is 0.399 e. The third kappa shape index (κ3) is 1.77. The van der Waals surface area contributed by atoms with Crippen molar-refractivity contribution in [2.75, 3.05) is 11.1 Å². The average molecular weight is 242 g/mol. The summed E-state index contributed by atoms with van der Waals surface area (Å²) in [6.07, 6.45) is 1.42. The van der Waals surface area contributed by atoms with Crippen LogP contribution >= 0.6 is 0 Å². The number of nitrogens with zero attached hydrogens (tertiary/aromatic N) is 3. The Balaban J connectivity index is 1.95. The lowest BCUT2D eigenvalue weighted by atomic mass is 10.3. The summed E-state index contributed by atoms with van der Waals surface area (Å²) in [6, 6.07) is 8.95. The summed E-state index contributed by atoms with van der Waals surface area (Å²) >= 11 is 0. The highest BCUT2D eigenvalue weighted by Crippen LogP contribution is 2.16. The van der Waals surface area contributed by atoms with E-state index in [1.54, 1.807) is 18.2 Å². The molecule has 0 saturated carbocycles. The second kappa shape index (κ2) is 3.88. The van der Waals surface area contributed by atoms with Crippen molar-refractivity contribution in [1.82, 2.24) is 19.6 Å². The molecule has 0 aliphatic heterocycles. The first-order valence-electron chi connectivity index (χ1n) is 5.28. The molecule has 0 fully saturated rings. The fourth-order valence-corrected chi connectivity index (χ4v) is 1.59. The Morgan fingerprint density at radius 2 is 2.06 bits per heavy atom. The number of nitrogens with two attached hydrogens (primary N) is 1. The molecule has 0 atom stereocenters. The van der Waals surface area contributed by atoms with E-state index in [1.807, 2.05) is 12.1 Å². The minimum absolute atomic E-state index is 0.309. The molecule has 0 bridgehead atoms. The van der Waals surface area contributed by atoms with Gasteiger partial charge in [0.1, 0.15) is 12.1 Å². The molecule has 0 saturated heterocycles. The van der Waals surface area contributed by atoms with Crippen LogP contribution in [-0.4, -0.2) is 19.6 Å². The molecule has 3 rings (SSSR count). The zero-order valence-electron chi connectivity index (χ0n) is 9.29. The second-order valence-corrected chi connectivity index (χ2v) is 3.78. The van der Waals surface area contributed by atoms with Crippen LogP contribution in [0.2, 0.25) is 0 Å². The summed E-state index contributed by atoms with van der Waals surface area (Å²) in [7, 11) is 0. The lowest BCUT2D eigenvalue weighted by Crippen LogP contribution is -2.09. The quantitative estimate of drug-likeness (QED) is 0.575. The van der Waals surface area contributed by atoms with E-state index in [1.165, 1.54) is 10.7 Å². The molecule has 0 unspecified atom stereocenters. The highest BCUT2D eigenvalue weighted by molar-refractivity contribution is 5.61. The minimum Gasteiger partial charge on any atom is -0.399 e. The van der Waals surface area contributed by atoms with Crippen molar-refractivity contribution in [3.63, 3.8) is 0 Å². The fraction of sp³-hybridized carbons (Fsp3) is 0. The standard InChI is InChI=1S/C11H10N6O/c12-7-1-3-8(4-2-7)14-9-5-10-15-16-11(18)17(10)6-13-9/h1-6,14H,12H2,(H,16,18). The van der Waals surface area contributed by atoms with E-state index in [0.29, 0.717) is 17.2 Å². The zero-order chi connectivity index (χ0) is 12.5. The monoisotopic (exact) mass is 242 g/mol. The van der Waals surface area contributed by atoms with Crippen LogP contribution in [0.3, 0.4) is 0 Å². The predicted octanol–water partition coefficient (Wildman–Crippen LogP) is 0.743. The van der Waals surface area contributed by atoms with Gasteiger partial charge in [0.25, 0.3) is 0 Å². The average Bonchev–Trinajstić information content (AvgIpc) is 2.74. The van der Waals surface area contributed by atoms with Crippen LogP contribution in [0, 0.1) is 0 Å². The number of anilines is 3. The van der Waals surface area contributed by atoms with E-state index >= 15 is 0 Å². The molecule has 0 spiro atoms. The van der Waals surface area contributed by atoms with Gasteiger partial charge < -0.3 is 11.1 Å². The summed E-state index contributed by atoms with van der Waals surface area (Å²) in [5, 5.41) is 9.30. The number of fused-ring (bicyclic) bond motifs is 1. The van der Waals surface area contributed by atoms with Gasteiger partial charge in [-0.2, -0.15) is 5.10 Å². The predicted molar refractivity (Wildman–Crippen MR) is 67.7 cm³/mol. The lowest BCUT2D eigenvalue weighted by Gasteiger charge is -2.05. The van der Waals surface area contributed by atoms with Crippen molar-refractivity contribution < 1.29 is 0 Å². The van der Waals surface area contributed by atoms with Crippen LogP contribution in [0.5, 0.6) is 0 Å². The van der Waals surface area contributed by atoms with Crippen molar-refractivity contribution >= 4 is 22.8 Å². The normalized spacial score (nSPS) is 10.7. The van der Waals surface area contributed by atoms with Gasteiger partial charge in [-0.05, 0) is 24.3 Å². The van der Waals surface area contributed by atoms with E-state index in [4.69, 9.17) is 5.73 Å². The number of benzene rings is 1. The van der Waals surface area contributed by atoms with Gasteiger partial charge in [-0.1, -0.05) is 0 Å². The Hall–Kier alpha value is -2.83. The number of nitrogen functional groups attached to an aromatic ring is 1. The first-order valence-corrected chi connectivity index (χ1v) is 5.28. The van der Waals surface area contributed by atoms with Gasteiger partial charge >= 0.3 is 5.69 Å². The van der Waals surface area contributed by atoms with Gasteiger partial charge in [0.2, 0.25) is 0 Å². The molecular weight excluding hydrogens is 232 g/mol. The molecule has 90 valence electrons. The number of hydrogen-bond donors (Lipinski definition) is 3. The molecule has 7 nitrogen and oxygen atoms in total. The Kier molecular flexibility index (Phi) is 2.23. The van der Waals surface area contributed by atoms with E-state index in [0.717, 1.165) is 5.69 Å². The number of nitrogens with one attached hydrogen (secondary N) is 2. The third-order valence-electron chi connectivity index (χ3n) is 2.49. The summed E-state index contributed by atoms with van der Waals surface area (Å²) in [4.78, 5) is 15.4. The van der Waals surface area contributed by atoms with Gasteiger partial charge in [-0.3, -0.25) is 0 Å². The van der Waals surface area contributed by atoms with Crippen LogP contribution in [0.4, 0.5) is 17.2 Å². The molecule has 1 aromatic carbocycles.